The van der Waals surface area contributed by atoms with E-state index >= 15 is 0 Å². The van der Waals surface area contributed by atoms with E-state index in [0.29, 0.717) is 66.7 Å². The molecule has 3 aromatic carbocycles. The molecule has 0 aliphatic carbocycles. The summed E-state index contributed by atoms with van der Waals surface area (Å²) in [6, 6.07) is 21.7. The molecule has 0 radical (unpaired) electrons. The molecule has 2 N–H and O–H groups in total. The van der Waals surface area contributed by atoms with Crippen LogP contribution in [0.3, 0.4) is 0 Å². The highest BCUT2D eigenvalue weighted by Crippen LogP contribution is 2.28. The van der Waals surface area contributed by atoms with Gasteiger partial charge in [0.25, 0.3) is 11.8 Å². The number of methoxy groups -OCH3 is 1. The van der Waals surface area contributed by atoms with Gasteiger partial charge >= 0.3 is 0 Å². The maximum Gasteiger partial charge on any atom is 0.290 e. The third-order valence-electron chi connectivity index (χ3n) is 6.78. The lowest BCUT2D eigenvalue weighted by Gasteiger charge is -2.29. The number of morpholine rings is 1. The molecule has 2 amide bonds. The van der Waals surface area contributed by atoms with Gasteiger partial charge < -0.3 is 29.5 Å². The minimum Gasteiger partial charge on any atom is -0.497 e. The molecule has 208 valence electrons. The Kier molecular flexibility index (Phi) is 8.27. The van der Waals surface area contributed by atoms with Gasteiger partial charge in [-0.05, 0) is 60.5 Å². The lowest BCUT2D eigenvalue weighted by Crippen LogP contribution is -2.36. The molecule has 10 heteroatoms. The first kappa shape index (κ1) is 27.4. The third kappa shape index (κ3) is 6.54. The van der Waals surface area contributed by atoms with Gasteiger partial charge in [0.15, 0.2) is 0 Å². The number of nitriles is 1. The van der Waals surface area contributed by atoms with Crippen molar-refractivity contribution in [2.24, 2.45) is 0 Å². The number of amides is 2. The Morgan fingerprint density at radius 3 is 2.66 bits per heavy atom. The Bertz CT molecular complexity index is 1620. The molecule has 1 aromatic heterocycles. The Morgan fingerprint density at radius 1 is 1.05 bits per heavy atom. The van der Waals surface area contributed by atoms with Crippen molar-refractivity contribution in [3.8, 4) is 23.1 Å². The number of aromatic nitrogens is 1. The maximum atomic E-state index is 13.2. The minimum atomic E-state index is -0.401. The molecule has 1 aliphatic heterocycles. The lowest BCUT2D eigenvalue weighted by molar-refractivity contribution is 0.0913. The van der Waals surface area contributed by atoms with Gasteiger partial charge in [-0.3, -0.25) is 9.59 Å². The van der Waals surface area contributed by atoms with Crippen molar-refractivity contribution in [2.45, 2.75) is 13.5 Å². The first-order valence-electron chi connectivity index (χ1n) is 13.1. The molecule has 0 atom stereocenters. The number of nitrogens with one attached hydrogen (secondary N) is 2. The maximum absolute atomic E-state index is 13.2. The average molecular weight is 552 g/mol. The van der Waals surface area contributed by atoms with Crippen LogP contribution in [0.25, 0.3) is 11.3 Å². The van der Waals surface area contributed by atoms with Crippen LogP contribution in [-0.4, -0.2) is 50.4 Å². The predicted octanol–water partition coefficient (Wildman–Crippen LogP) is 4.55. The normalized spacial score (nSPS) is 12.9. The summed E-state index contributed by atoms with van der Waals surface area (Å²) in [5.74, 6) is 0.0310. The predicted molar refractivity (Wildman–Crippen MR) is 153 cm³/mol. The van der Waals surface area contributed by atoms with Crippen LogP contribution in [0.4, 0.5) is 11.4 Å². The summed E-state index contributed by atoms with van der Waals surface area (Å²) in [5.41, 5.74) is 5.08. The van der Waals surface area contributed by atoms with E-state index in [9.17, 15) is 14.9 Å². The van der Waals surface area contributed by atoms with Crippen molar-refractivity contribution in [3.05, 3.63) is 94.7 Å². The SMILES string of the molecule is COc1cccc(CNC(=O)c2cc(-c3cc(NC(=O)c4cc(C#N)cc(N5CCOCC5)c4)ccc3C)no2)c1. The summed E-state index contributed by atoms with van der Waals surface area (Å²) in [7, 11) is 1.59. The van der Waals surface area contributed by atoms with Crippen molar-refractivity contribution >= 4 is 23.2 Å². The summed E-state index contributed by atoms with van der Waals surface area (Å²) >= 11 is 0. The van der Waals surface area contributed by atoms with E-state index in [0.717, 1.165) is 16.8 Å². The van der Waals surface area contributed by atoms with Gasteiger partial charge in [0.1, 0.15) is 11.4 Å². The number of carbonyl (C=O) groups excluding carboxylic acids is 2. The van der Waals surface area contributed by atoms with E-state index in [1.54, 1.807) is 43.5 Å². The van der Waals surface area contributed by atoms with Crippen LogP contribution in [0, 0.1) is 18.3 Å². The highest BCUT2D eigenvalue weighted by molar-refractivity contribution is 6.05. The monoisotopic (exact) mass is 551 g/mol. The molecule has 41 heavy (non-hydrogen) atoms. The molecular weight excluding hydrogens is 522 g/mol. The van der Waals surface area contributed by atoms with E-state index in [1.807, 2.05) is 37.3 Å². The zero-order chi connectivity index (χ0) is 28.8. The molecular formula is C31H29N5O5. The number of anilines is 2. The van der Waals surface area contributed by atoms with E-state index in [2.05, 4.69) is 26.8 Å². The van der Waals surface area contributed by atoms with Crippen molar-refractivity contribution in [1.82, 2.24) is 10.5 Å². The molecule has 4 aromatic rings. The largest absolute Gasteiger partial charge is 0.497 e. The standard InChI is InChI=1S/C31H29N5O5/c1-20-6-7-24(34-30(37)23-12-22(18-32)13-25(15-23)36-8-10-40-11-9-36)16-27(20)28-17-29(41-35-28)31(38)33-19-21-4-3-5-26(14-21)39-2/h3-7,12-17H,8-11,19H2,1-2H3,(H,33,38)(H,34,37). The smallest absolute Gasteiger partial charge is 0.290 e. The Hall–Kier alpha value is -5.14. The van der Waals surface area contributed by atoms with Crippen LogP contribution < -0.4 is 20.3 Å². The topological polar surface area (TPSA) is 130 Å². The molecule has 0 unspecified atom stereocenters. The van der Waals surface area contributed by atoms with Crippen LogP contribution in [0.1, 0.15) is 37.6 Å². The molecule has 0 bridgehead atoms. The minimum absolute atomic E-state index is 0.0701. The first-order valence-corrected chi connectivity index (χ1v) is 13.1. The van der Waals surface area contributed by atoms with Crippen LogP contribution in [-0.2, 0) is 11.3 Å². The fourth-order valence-electron chi connectivity index (χ4n) is 4.55. The van der Waals surface area contributed by atoms with Crippen LogP contribution in [0.5, 0.6) is 5.75 Å². The van der Waals surface area contributed by atoms with E-state index in [4.69, 9.17) is 14.0 Å². The van der Waals surface area contributed by atoms with Gasteiger partial charge in [-0.2, -0.15) is 5.26 Å². The molecule has 5 rings (SSSR count). The van der Waals surface area contributed by atoms with E-state index in [1.165, 1.54) is 0 Å². The second-order valence-electron chi connectivity index (χ2n) is 9.57. The van der Waals surface area contributed by atoms with Crippen molar-refractivity contribution in [1.29, 1.82) is 5.26 Å². The number of hydrogen-bond acceptors (Lipinski definition) is 8. The highest BCUT2D eigenvalue weighted by atomic mass is 16.5. The average Bonchev–Trinajstić information content (AvgIpc) is 3.51. The van der Waals surface area contributed by atoms with Crippen LogP contribution in [0.2, 0.25) is 0 Å². The second-order valence-corrected chi connectivity index (χ2v) is 9.57. The number of ether oxygens (including phenoxy) is 2. The molecule has 1 fully saturated rings. The zero-order valence-electron chi connectivity index (χ0n) is 22.8. The van der Waals surface area contributed by atoms with Gasteiger partial charge in [-0.1, -0.05) is 23.4 Å². The summed E-state index contributed by atoms with van der Waals surface area (Å²) in [4.78, 5) is 28.0. The third-order valence-corrected chi connectivity index (χ3v) is 6.78. The Morgan fingerprint density at radius 2 is 1.88 bits per heavy atom. The molecule has 0 spiro atoms. The van der Waals surface area contributed by atoms with Crippen molar-refractivity contribution < 1.29 is 23.6 Å². The molecule has 0 saturated carbocycles. The summed E-state index contributed by atoms with van der Waals surface area (Å²) in [6.07, 6.45) is 0. The summed E-state index contributed by atoms with van der Waals surface area (Å²) < 4.78 is 16.0. The molecule has 1 aliphatic rings. The Labute approximate surface area is 237 Å². The van der Waals surface area contributed by atoms with Gasteiger partial charge in [0.05, 0.1) is 32.0 Å². The Balaban J connectivity index is 1.30. The van der Waals surface area contributed by atoms with Gasteiger partial charge in [0, 0.05) is 48.2 Å². The van der Waals surface area contributed by atoms with Crippen molar-refractivity contribution in [3.63, 3.8) is 0 Å². The number of benzene rings is 3. The quantitative estimate of drug-likeness (QED) is 0.326. The number of aryl methyl sites for hydroxylation is 1. The molecule has 2 heterocycles. The number of nitrogens with zero attached hydrogens (tertiary/aromatic N) is 3. The van der Waals surface area contributed by atoms with Gasteiger partial charge in [-0.25, -0.2) is 0 Å². The second kappa shape index (κ2) is 12.4. The van der Waals surface area contributed by atoms with Gasteiger partial charge in [0.2, 0.25) is 5.76 Å². The van der Waals surface area contributed by atoms with E-state index in [-0.39, 0.29) is 11.7 Å². The number of rotatable bonds is 8. The molecule has 1 saturated heterocycles. The molecule has 10 nitrogen and oxygen atoms in total. The zero-order valence-corrected chi connectivity index (χ0v) is 22.8. The number of hydrogen-bond donors (Lipinski definition) is 2. The van der Waals surface area contributed by atoms with Crippen molar-refractivity contribution in [2.75, 3.05) is 43.6 Å². The van der Waals surface area contributed by atoms with Crippen LogP contribution >= 0.6 is 0 Å². The van der Waals surface area contributed by atoms with E-state index < -0.39 is 5.91 Å². The number of carbonyl (C=O) groups is 2. The fourth-order valence-corrected chi connectivity index (χ4v) is 4.55. The highest BCUT2D eigenvalue weighted by Gasteiger charge is 2.18. The summed E-state index contributed by atoms with van der Waals surface area (Å²) in [6.45, 7) is 4.78. The lowest BCUT2D eigenvalue weighted by atomic mass is 10.0. The van der Waals surface area contributed by atoms with Crippen LogP contribution in [0.15, 0.2) is 71.3 Å². The first-order chi connectivity index (χ1) is 19.9. The fraction of sp³-hybridized carbons (Fsp3) is 0.226. The van der Waals surface area contributed by atoms with Gasteiger partial charge in [-0.15, -0.1) is 0 Å². The summed E-state index contributed by atoms with van der Waals surface area (Å²) in [5, 5.41) is 19.4.